The fourth-order valence-electron chi connectivity index (χ4n) is 3.00. The van der Waals surface area contributed by atoms with Gasteiger partial charge in [-0.05, 0) is 41.1 Å². The number of hydrogen-bond donors (Lipinski definition) is 1. The molecule has 1 aromatic heterocycles. The lowest BCUT2D eigenvalue weighted by atomic mass is 10.0. The average Bonchev–Trinajstić information content (AvgIpc) is 2.81. The average molecular weight is 430 g/mol. The number of esters is 1. The first kappa shape index (κ1) is 20.3. The maximum absolute atomic E-state index is 12.7. The molecule has 152 valence electrons. The van der Waals surface area contributed by atoms with Gasteiger partial charge in [0.1, 0.15) is 5.75 Å². The largest absolute Gasteiger partial charge is 0.422 e. The Morgan fingerprint density at radius 3 is 2.48 bits per heavy atom. The number of ether oxygens (including phenoxy) is 1. The van der Waals surface area contributed by atoms with Crippen LogP contribution in [0, 0.1) is 0 Å². The summed E-state index contributed by atoms with van der Waals surface area (Å²) in [6.07, 6.45) is 4.50. The molecule has 1 N–H and O–H groups in total. The van der Waals surface area contributed by atoms with E-state index in [2.05, 4.69) is 15.5 Å². The second kappa shape index (κ2) is 9.19. The van der Waals surface area contributed by atoms with Crippen LogP contribution in [0.5, 0.6) is 5.75 Å². The third-order valence-corrected chi connectivity index (χ3v) is 4.86. The number of halogens is 1. The van der Waals surface area contributed by atoms with E-state index in [1.165, 1.54) is 18.6 Å². The first-order chi connectivity index (χ1) is 15.1. The van der Waals surface area contributed by atoms with Crippen molar-refractivity contribution in [2.75, 3.05) is 0 Å². The fourth-order valence-corrected chi connectivity index (χ4v) is 3.22. The van der Waals surface area contributed by atoms with Gasteiger partial charge in [0.05, 0.1) is 16.8 Å². The lowest BCUT2D eigenvalue weighted by Crippen LogP contribution is -2.17. The van der Waals surface area contributed by atoms with E-state index in [1.54, 1.807) is 42.5 Å². The van der Waals surface area contributed by atoms with Gasteiger partial charge in [-0.3, -0.25) is 9.78 Å². The van der Waals surface area contributed by atoms with Crippen LogP contribution in [0.1, 0.15) is 26.3 Å². The Morgan fingerprint density at radius 1 is 0.935 bits per heavy atom. The first-order valence-corrected chi connectivity index (χ1v) is 9.73. The van der Waals surface area contributed by atoms with Crippen molar-refractivity contribution in [1.82, 2.24) is 10.4 Å². The lowest BCUT2D eigenvalue weighted by molar-refractivity contribution is 0.0734. The molecule has 0 fully saturated rings. The number of carbonyl (C=O) groups is 2. The third kappa shape index (κ3) is 4.60. The van der Waals surface area contributed by atoms with Crippen molar-refractivity contribution in [2.45, 2.75) is 0 Å². The Labute approximate surface area is 183 Å². The number of carbonyl (C=O) groups excluding carboxylic acids is 2. The SMILES string of the molecule is O=C(NN=Cc1c(OC(=O)c2ccccc2Cl)ccc2ccccc12)c1ccncc1. The zero-order valence-corrected chi connectivity index (χ0v) is 16.9. The van der Waals surface area contributed by atoms with Crippen LogP contribution in [-0.2, 0) is 0 Å². The quantitative estimate of drug-likeness (QED) is 0.212. The summed E-state index contributed by atoms with van der Waals surface area (Å²) >= 11 is 6.12. The molecule has 4 aromatic rings. The predicted octanol–water partition coefficient (Wildman–Crippen LogP) is 4.87. The first-order valence-electron chi connectivity index (χ1n) is 9.35. The number of hydrogen-bond acceptors (Lipinski definition) is 5. The molecule has 0 unspecified atom stereocenters. The highest BCUT2D eigenvalue weighted by Crippen LogP contribution is 2.28. The zero-order valence-electron chi connectivity index (χ0n) is 16.2. The number of benzene rings is 3. The summed E-state index contributed by atoms with van der Waals surface area (Å²) in [5.41, 5.74) is 3.71. The summed E-state index contributed by atoms with van der Waals surface area (Å²) in [5.74, 6) is -0.671. The van der Waals surface area contributed by atoms with Crippen molar-refractivity contribution in [3.8, 4) is 5.75 Å². The van der Waals surface area contributed by atoms with Gasteiger partial charge in [0, 0.05) is 23.5 Å². The smallest absolute Gasteiger partial charge is 0.345 e. The molecule has 0 aliphatic carbocycles. The molecule has 0 saturated heterocycles. The molecule has 0 spiro atoms. The van der Waals surface area contributed by atoms with Crippen molar-refractivity contribution in [3.05, 3.63) is 107 Å². The fraction of sp³-hybridized carbons (Fsp3) is 0. The second-order valence-electron chi connectivity index (χ2n) is 6.50. The van der Waals surface area contributed by atoms with E-state index in [0.717, 1.165) is 10.8 Å². The van der Waals surface area contributed by atoms with Crippen molar-refractivity contribution in [1.29, 1.82) is 0 Å². The molecule has 3 aromatic carbocycles. The van der Waals surface area contributed by atoms with Crippen LogP contribution in [0.2, 0.25) is 5.02 Å². The molecule has 6 nitrogen and oxygen atoms in total. The molecule has 0 radical (unpaired) electrons. The summed E-state index contributed by atoms with van der Waals surface area (Å²) in [4.78, 5) is 28.8. The Hall–Kier alpha value is -4.03. The van der Waals surface area contributed by atoms with Crippen molar-refractivity contribution in [2.24, 2.45) is 5.10 Å². The summed E-state index contributed by atoms with van der Waals surface area (Å²) in [6, 6.07) is 20.9. The van der Waals surface area contributed by atoms with E-state index in [9.17, 15) is 9.59 Å². The zero-order chi connectivity index (χ0) is 21.6. The minimum Gasteiger partial charge on any atom is -0.422 e. The standard InChI is InChI=1S/C24H16ClN3O3/c25-21-8-4-3-7-19(21)24(30)31-22-10-9-16-5-1-2-6-18(16)20(22)15-27-28-23(29)17-11-13-26-14-12-17/h1-15H,(H,28,29). The molecule has 0 aliphatic heterocycles. The monoisotopic (exact) mass is 429 g/mol. The molecule has 31 heavy (non-hydrogen) atoms. The topological polar surface area (TPSA) is 80.6 Å². The van der Waals surface area contributed by atoms with E-state index in [1.807, 2.05) is 30.3 Å². The molecule has 7 heteroatoms. The second-order valence-corrected chi connectivity index (χ2v) is 6.91. The summed E-state index contributed by atoms with van der Waals surface area (Å²) in [5, 5.41) is 6.11. The maximum Gasteiger partial charge on any atom is 0.345 e. The minimum atomic E-state index is -0.587. The molecule has 1 amide bonds. The number of nitrogens with one attached hydrogen (secondary N) is 1. The molecule has 0 saturated carbocycles. The highest BCUT2D eigenvalue weighted by Gasteiger charge is 2.15. The number of hydrazone groups is 1. The number of rotatable bonds is 5. The maximum atomic E-state index is 12.7. The molecule has 0 aliphatic rings. The number of pyridine rings is 1. The lowest BCUT2D eigenvalue weighted by Gasteiger charge is -2.11. The van der Waals surface area contributed by atoms with Crippen LogP contribution in [0.4, 0.5) is 0 Å². The summed E-state index contributed by atoms with van der Waals surface area (Å²) < 4.78 is 5.63. The van der Waals surface area contributed by atoms with Gasteiger partial charge in [0.25, 0.3) is 5.91 Å². The molecule has 0 bridgehead atoms. The highest BCUT2D eigenvalue weighted by molar-refractivity contribution is 6.33. The number of fused-ring (bicyclic) bond motifs is 1. The molecular weight excluding hydrogens is 414 g/mol. The van der Waals surface area contributed by atoms with E-state index in [-0.39, 0.29) is 11.5 Å². The van der Waals surface area contributed by atoms with Gasteiger partial charge in [0.2, 0.25) is 0 Å². The molecular formula is C24H16ClN3O3. The van der Waals surface area contributed by atoms with E-state index in [0.29, 0.717) is 21.9 Å². The van der Waals surface area contributed by atoms with Crippen LogP contribution in [0.25, 0.3) is 10.8 Å². The predicted molar refractivity (Wildman–Crippen MR) is 120 cm³/mol. The van der Waals surface area contributed by atoms with Gasteiger partial charge < -0.3 is 4.74 Å². The highest BCUT2D eigenvalue weighted by atomic mass is 35.5. The van der Waals surface area contributed by atoms with Crippen LogP contribution >= 0.6 is 11.6 Å². The van der Waals surface area contributed by atoms with Gasteiger partial charge >= 0.3 is 5.97 Å². The third-order valence-electron chi connectivity index (χ3n) is 4.53. The van der Waals surface area contributed by atoms with Crippen molar-refractivity contribution in [3.63, 3.8) is 0 Å². The van der Waals surface area contributed by atoms with Crippen molar-refractivity contribution >= 4 is 40.5 Å². The van der Waals surface area contributed by atoms with E-state index < -0.39 is 5.97 Å². The van der Waals surface area contributed by atoms with Gasteiger partial charge in [-0.25, -0.2) is 10.2 Å². The normalized spacial score (nSPS) is 10.9. The molecule has 1 heterocycles. The summed E-state index contributed by atoms with van der Waals surface area (Å²) in [6.45, 7) is 0. The van der Waals surface area contributed by atoms with Gasteiger partial charge in [-0.2, -0.15) is 5.10 Å². The Balaban J connectivity index is 1.65. The molecule has 0 atom stereocenters. The number of nitrogens with zero attached hydrogens (tertiary/aromatic N) is 2. The van der Waals surface area contributed by atoms with Gasteiger partial charge in [-0.1, -0.05) is 54.1 Å². The molecule has 4 rings (SSSR count). The Bertz CT molecular complexity index is 1290. The minimum absolute atomic E-state index is 0.256. The van der Waals surface area contributed by atoms with Crippen LogP contribution < -0.4 is 10.2 Å². The van der Waals surface area contributed by atoms with Crippen LogP contribution in [0.3, 0.4) is 0 Å². The Kier molecular flexibility index (Phi) is 6.01. The Morgan fingerprint density at radius 2 is 1.68 bits per heavy atom. The number of aromatic nitrogens is 1. The van der Waals surface area contributed by atoms with Crippen LogP contribution in [0.15, 0.2) is 90.3 Å². The van der Waals surface area contributed by atoms with Gasteiger partial charge in [-0.15, -0.1) is 0 Å². The summed E-state index contributed by atoms with van der Waals surface area (Å²) in [7, 11) is 0. The van der Waals surface area contributed by atoms with Crippen LogP contribution in [-0.4, -0.2) is 23.1 Å². The van der Waals surface area contributed by atoms with Crippen molar-refractivity contribution < 1.29 is 14.3 Å². The van der Waals surface area contributed by atoms with E-state index in [4.69, 9.17) is 16.3 Å². The number of amides is 1. The van der Waals surface area contributed by atoms with E-state index >= 15 is 0 Å². The van der Waals surface area contributed by atoms with Gasteiger partial charge in [0.15, 0.2) is 0 Å².